The predicted octanol–water partition coefficient (Wildman–Crippen LogP) is 3.69. The fourth-order valence-corrected chi connectivity index (χ4v) is 6.06. The van der Waals surface area contributed by atoms with Gasteiger partial charge in [0.25, 0.3) is 10.0 Å². The minimum Gasteiger partial charge on any atom is -0.323 e. The first-order chi connectivity index (χ1) is 13.1. The number of benzene rings is 2. The van der Waals surface area contributed by atoms with E-state index < -0.39 is 27.9 Å². The Hall–Kier alpha value is -2.19. The van der Waals surface area contributed by atoms with E-state index in [4.69, 9.17) is 0 Å². The largest absolute Gasteiger partial charge is 0.323 e. The highest BCUT2D eigenvalue weighted by Crippen LogP contribution is 2.32. The summed E-state index contributed by atoms with van der Waals surface area (Å²) < 4.78 is 28.1. The summed E-state index contributed by atoms with van der Waals surface area (Å²) in [6, 6.07) is 9.47. The van der Waals surface area contributed by atoms with Gasteiger partial charge in [0, 0.05) is 10.9 Å². The van der Waals surface area contributed by atoms with E-state index in [1.54, 1.807) is 50.2 Å². The molecule has 0 bridgehead atoms. The minimum absolute atomic E-state index is 0.0111. The Labute approximate surface area is 173 Å². The fourth-order valence-electron chi connectivity index (χ4n) is 3.65. The van der Waals surface area contributed by atoms with E-state index >= 15 is 0 Å². The highest BCUT2D eigenvalue weighted by atomic mass is 79.9. The lowest BCUT2D eigenvalue weighted by Gasteiger charge is -2.25. The summed E-state index contributed by atoms with van der Waals surface area (Å²) in [5.41, 5.74) is 2.57. The number of nitrogens with one attached hydrogen (secondary N) is 1. The number of hydrogen-bond donors (Lipinski definition) is 1. The number of sulfonamides is 1. The highest BCUT2D eigenvalue weighted by Gasteiger charge is 2.45. The molecule has 1 aliphatic rings. The van der Waals surface area contributed by atoms with Crippen LogP contribution in [0.1, 0.15) is 29.5 Å². The first-order valence-electron chi connectivity index (χ1n) is 8.83. The molecule has 1 heterocycles. The fraction of sp³-hybridized carbons (Fsp3) is 0.300. The first-order valence-corrected chi connectivity index (χ1v) is 11.1. The Morgan fingerprint density at radius 2 is 1.75 bits per heavy atom. The molecule has 1 atom stereocenters. The molecule has 0 radical (unpaired) electrons. The van der Waals surface area contributed by atoms with Gasteiger partial charge in [-0.25, -0.2) is 12.7 Å². The molecule has 1 N–H and O–H groups in total. The van der Waals surface area contributed by atoms with Crippen molar-refractivity contribution >= 4 is 43.5 Å². The van der Waals surface area contributed by atoms with Crippen LogP contribution in [0.25, 0.3) is 0 Å². The first kappa shape index (κ1) is 20.5. The van der Waals surface area contributed by atoms with E-state index in [2.05, 4.69) is 21.2 Å². The molecule has 8 heteroatoms. The summed E-state index contributed by atoms with van der Waals surface area (Å²) in [5, 5.41) is 2.72. The third-order valence-electron chi connectivity index (χ3n) is 4.72. The van der Waals surface area contributed by atoms with Crippen molar-refractivity contribution < 1.29 is 18.0 Å². The molecule has 1 aliphatic heterocycles. The van der Waals surface area contributed by atoms with Gasteiger partial charge in [0.15, 0.2) is 0 Å². The van der Waals surface area contributed by atoms with Crippen molar-refractivity contribution in [2.75, 3.05) is 5.32 Å². The number of carbonyl (C=O) groups excluding carboxylic acids is 2. The van der Waals surface area contributed by atoms with Crippen molar-refractivity contribution in [2.24, 2.45) is 0 Å². The zero-order valence-corrected chi connectivity index (χ0v) is 18.2. The molecule has 2 amide bonds. The third kappa shape index (κ3) is 3.71. The molecule has 0 aromatic heterocycles. The molecule has 0 saturated carbocycles. The van der Waals surface area contributed by atoms with Gasteiger partial charge in [-0.1, -0.05) is 29.8 Å². The van der Waals surface area contributed by atoms with Crippen LogP contribution in [-0.4, -0.2) is 30.6 Å². The molecular formula is C20H21BrN2O4S. The Bertz CT molecular complexity index is 1040. The normalized spacial score (nSPS) is 17.1. The molecule has 2 aromatic carbocycles. The van der Waals surface area contributed by atoms with Gasteiger partial charge in [-0.3, -0.25) is 9.59 Å². The lowest BCUT2D eigenvalue weighted by Crippen LogP contribution is -2.45. The van der Waals surface area contributed by atoms with Gasteiger partial charge in [0.1, 0.15) is 6.04 Å². The maximum absolute atomic E-state index is 13.3. The van der Waals surface area contributed by atoms with Gasteiger partial charge in [0.05, 0.1) is 10.6 Å². The predicted molar refractivity (Wildman–Crippen MR) is 110 cm³/mol. The molecule has 0 aliphatic carbocycles. The third-order valence-corrected chi connectivity index (χ3v) is 7.54. The number of rotatable bonds is 4. The number of carbonyl (C=O) groups is 2. The SMILES string of the molecule is Cc1cc(C)c(S(=O)(=O)N2C(=O)CCC2C(=O)Nc2ccccc2Br)c(C)c1. The molecule has 6 nitrogen and oxygen atoms in total. The number of aryl methyl sites for hydroxylation is 3. The van der Waals surface area contributed by atoms with Crippen molar-refractivity contribution in [3.8, 4) is 0 Å². The van der Waals surface area contributed by atoms with Crippen LogP contribution in [0.3, 0.4) is 0 Å². The monoisotopic (exact) mass is 464 g/mol. The number of amides is 2. The highest BCUT2D eigenvalue weighted by molar-refractivity contribution is 9.10. The number of anilines is 1. The summed E-state index contributed by atoms with van der Waals surface area (Å²) in [6.45, 7) is 5.28. The summed E-state index contributed by atoms with van der Waals surface area (Å²) in [7, 11) is -4.15. The molecule has 0 spiro atoms. The Morgan fingerprint density at radius 1 is 1.14 bits per heavy atom. The second-order valence-electron chi connectivity index (χ2n) is 6.95. The summed E-state index contributed by atoms with van der Waals surface area (Å²) in [6.07, 6.45) is 0.162. The number of para-hydroxylation sites is 1. The van der Waals surface area contributed by atoms with Gasteiger partial charge >= 0.3 is 0 Å². The average molecular weight is 465 g/mol. The second-order valence-corrected chi connectivity index (χ2v) is 9.55. The van der Waals surface area contributed by atoms with Crippen molar-refractivity contribution in [3.63, 3.8) is 0 Å². The maximum atomic E-state index is 13.3. The van der Waals surface area contributed by atoms with Gasteiger partial charge in [-0.05, 0) is 66.4 Å². The molecule has 1 unspecified atom stereocenters. The van der Waals surface area contributed by atoms with Crippen LogP contribution in [0.15, 0.2) is 45.8 Å². The van der Waals surface area contributed by atoms with Gasteiger partial charge in [-0.15, -0.1) is 0 Å². The summed E-state index contributed by atoms with van der Waals surface area (Å²) in [5.74, 6) is -1.09. The average Bonchev–Trinajstić information content (AvgIpc) is 2.98. The lowest BCUT2D eigenvalue weighted by molar-refractivity contribution is -0.128. The van der Waals surface area contributed by atoms with Gasteiger partial charge < -0.3 is 5.32 Å². The zero-order chi connectivity index (χ0) is 20.6. The minimum atomic E-state index is -4.15. The van der Waals surface area contributed by atoms with E-state index in [1.165, 1.54) is 0 Å². The molecule has 1 fully saturated rings. The molecular weight excluding hydrogens is 444 g/mol. The Morgan fingerprint density at radius 3 is 2.36 bits per heavy atom. The van der Waals surface area contributed by atoms with E-state index in [0.717, 1.165) is 9.87 Å². The maximum Gasteiger partial charge on any atom is 0.267 e. The number of nitrogens with zero attached hydrogens (tertiary/aromatic N) is 1. The standard InChI is InChI=1S/C20H21BrN2O4S/c1-12-10-13(2)19(14(3)11-12)28(26,27)23-17(8-9-18(23)24)20(25)22-16-7-5-4-6-15(16)21/h4-7,10-11,17H,8-9H2,1-3H3,(H,22,25). The van der Waals surface area contributed by atoms with Gasteiger partial charge in [0.2, 0.25) is 11.8 Å². The zero-order valence-electron chi connectivity index (χ0n) is 15.8. The molecule has 28 heavy (non-hydrogen) atoms. The van der Waals surface area contributed by atoms with E-state index in [1.807, 2.05) is 6.92 Å². The molecule has 2 aromatic rings. The van der Waals surface area contributed by atoms with Crippen LogP contribution in [0.4, 0.5) is 5.69 Å². The van der Waals surface area contributed by atoms with Crippen LogP contribution in [0.2, 0.25) is 0 Å². The van der Waals surface area contributed by atoms with Crippen LogP contribution >= 0.6 is 15.9 Å². The quantitative estimate of drug-likeness (QED) is 0.747. The van der Waals surface area contributed by atoms with Crippen LogP contribution in [0, 0.1) is 20.8 Å². The van der Waals surface area contributed by atoms with E-state index in [-0.39, 0.29) is 17.7 Å². The van der Waals surface area contributed by atoms with E-state index in [9.17, 15) is 18.0 Å². The van der Waals surface area contributed by atoms with Gasteiger partial charge in [-0.2, -0.15) is 0 Å². The lowest BCUT2D eigenvalue weighted by atomic mass is 10.1. The topological polar surface area (TPSA) is 83.6 Å². The summed E-state index contributed by atoms with van der Waals surface area (Å²) in [4.78, 5) is 25.4. The second kappa shape index (κ2) is 7.67. The Kier molecular flexibility index (Phi) is 5.63. The van der Waals surface area contributed by atoms with Crippen molar-refractivity contribution in [1.82, 2.24) is 4.31 Å². The molecule has 3 rings (SSSR count). The Balaban J connectivity index is 1.98. The van der Waals surface area contributed by atoms with Crippen molar-refractivity contribution in [1.29, 1.82) is 0 Å². The molecule has 1 saturated heterocycles. The van der Waals surface area contributed by atoms with E-state index in [0.29, 0.717) is 21.3 Å². The van der Waals surface area contributed by atoms with Crippen LogP contribution in [0.5, 0.6) is 0 Å². The summed E-state index contributed by atoms with van der Waals surface area (Å²) >= 11 is 3.35. The van der Waals surface area contributed by atoms with Crippen LogP contribution in [-0.2, 0) is 19.6 Å². The number of hydrogen-bond acceptors (Lipinski definition) is 4. The molecule has 148 valence electrons. The van der Waals surface area contributed by atoms with Crippen molar-refractivity contribution in [2.45, 2.75) is 44.6 Å². The smallest absolute Gasteiger partial charge is 0.267 e. The number of halogens is 1. The van der Waals surface area contributed by atoms with Crippen LogP contribution < -0.4 is 5.32 Å². The van der Waals surface area contributed by atoms with Crippen molar-refractivity contribution in [3.05, 3.63) is 57.6 Å².